The minimum absolute atomic E-state index is 0.106. The second kappa shape index (κ2) is 6.43. The maximum atomic E-state index is 11.4. The molecule has 1 heterocycles. The fourth-order valence-electron chi connectivity index (χ4n) is 2.03. The van der Waals surface area contributed by atoms with Gasteiger partial charge in [-0.2, -0.15) is 0 Å². The normalized spacial score (nSPS) is 18.9. The molecule has 0 saturated carbocycles. The van der Waals surface area contributed by atoms with Crippen molar-refractivity contribution in [3.63, 3.8) is 0 Å². The Labute approximate surface area is 112 Å². The number of carbonyl (C=O) groups is 1. The summed E-state index contributed by atoms with van der Waals surface area (Å²) in [6, 6.07) is 4.86. The van der Waals surface area contributed by atoms with Crippen LogP contribution >= 0.6 is 0 Å². The van der Waals surface area contributed by atoms with Gasteiger partial charge < -0.3 is 19.9 Å². The van der Waals surface area contributed by atoms with E-state index in [0.717, 1.165) is 25.9 Å². The summed E-state index contributed by atoms with van der Waals surface area (Å²) in [7, 11) is 1.34. The lowest BCUT2D eigenvalue weighted by atomic mass is 10.1. The number of ether oxygens (including phenoxy) is 3. The highest BCUT2D eigenvalue weighted by Gasteiger charge is 2.16. The zero-order valence-corrected chi connectivity index (χ0v) is 11.1. The van der Waals surface area contributed by atoms with Gasteiger partial charge in [-0.25, -0.2) is 4.79 Å². The molecule has 0 amide bonds. The Kier molecular flexibility index (Phi) is 4.63. The Bertz CT molecular complexity index is 441. The van der Waals surface area contributed by atoms with E-state index in [1.54, 1.807) is 18.2 Å². The van der Waals surface area contributed by atoms with Crippen molar-refractivity contribution < 1.29 is 19.0 Å². The van der Waals surface area contributed by atoms with Crippen molar-refractivity contribution in [3.05, 3.63) is 23.8 Å². The Morgan fingerprint density at radius 3 is 3.00 bits per heavy atom. The van der Waals surface area contributed by atoms with Gasteiger partial charge in [-0.05, 0) is 37.5 Å². The molecule has 0 aromatic heterocycles. The van der Waals surface area contributed by atoms with Crippen molar-refractivity contribution in [1.82, 2.24) is 0 Å². The molecule has 104 valence electrons. The van der Waals surface area contributed by atoms with E-state index in [1.807, 2.05) is 0 Å². The first-order valence-corrected chi connectivity index (χ1v) is 6.43. The third-order valence-corrected chi connectivity index (χ3v) is 3.13. The van der Waals surface area contributed by atoms with Crippen molar-refractivity contribution in [1.29, 1.82) is 0 Å². The van der Waals surface area contributed by atoms with Crippen LogP contribution in [0.25, 0.3) is 0 Å². The zero-order valence-electron chi connectivity index (χ0n) is 11.1. The van der Waals surface area contributed by atoms with E-state index in [9.17, 15) is 4.79 Å². The first-order valence-electron chi connectivity index (χ1n) is 6.43. The van der Waals surface area contributed by atoms with Crippen LogP contribution in [0, 0.1) is 0 Å². The van der Waals surface area contributed by atoms with E-state index in [2.05, 4.69) is 4.74 Å². The lowest BCUT2D eigenvalue weighted by Crippen LogP contribution is -2.26. The highest BCUT2D eigenvalue weighted by molar-refractivity contribution is 5.90. The number of anilines is 1. The Morgan fingerprint density at radius 1 is 1.47 bits per heavy atom. The molecule has 1 aromatic rings. The van der Waals surface area contributed by atoms with Gasteiger partial charge in [-0.1, -0.05) is 0 Å². The summed E-state index contributed by atoms with van der Waals surface area (Å²) >= 11 is 0. The summed E-state index contributed by atoms with van der Waals surface area (Å²) in [5, 5.41) is 0. The molecule has 0 aliphatic carbocycles. The third-order valence-electron chi connectivity index (χ3n) is 3.13. The second-order valence-electron chi connectivity index (χ2n) is 4.54. The van der Waals surface area contributed by atoms with E-state index in [1.165, 1.54) is 7.11 Å². The van der Waals surface area contributed by atoms with Crippen LogP contribution in [0.2, 0.25) is 0 Å². The highest BCUT2D eigenvalue weighted by atomic mass is 16.5. The number of methoxy groups -OCH3 is 1. The number of rotatable bonds is 4. The highest BCUT2D eigenvalue weighted by Crippen LogP contribution is 2.24. The van der Waals surface area contributed by atoms with Crippen molar-refractivity contribution in [3.8, 4) is 5.75 Å². The lowest BCUT2D eigenvalue weighted by Gasteiger charge is -2.23. The Morgan fingerprint density at radius 2 is 2.32 bits per heavy atom. The van der Waals surface area contributed by atoms with Crippen LogP contribution in [0.15, 0.2) is 18.2 Å². The third kappa shape index (κ3) is 3.61. The smallest absolute Gasteiger partial charge is 0.337 e. The van der Waals surface area contributed by atoms with Gasteiger partial charge in [-0.3, -0.25) is 0 Å². The average Bonchev–Trinajstić information content (AvgIpc) is 2.46. The van der Waals surface area contributed by atoms with Crippen LogP contribution in [0.4, 0.5) is 5.69 Å². The summed E-state index contributed by atoms with van der Waals surface area (Å²) < 4.78 is 15.9. The molecular formula is C14H19NO4. The molecule has 0 bridgehead atoms. The van der Waals surface area contributed by atoms with Crippen LogP contribution in [-0.2, 0) is 9.47 Å². The van der Waals surface area contributed by atoms with Gasteiger partial charge in [0, 0.05) is 6.61 Å². The van der Waals surface area contributed by atoms with Crippen molar-refractivity contribution >= 4 is 11.7 Å². The molecule has 1 aromatic carbocycles. The Hall–Kier alpha value is -1.75. The standard InChI is InChI=1S/C14H19NO4/c1-17-14(16)10-5-6-12(15)13(8-10)19-9-11-4-2-3-7-18-11/h5-6,8,11H,2-4,7,9,15H2,1H3. The monoisotopic (exact) mass is 265 g/mol. The first kappa shape index (κ1) is 13.7. The topological polar surface area (TPSA) is 70.8 Å². The number of hydrogen-bond acceptors (Lipinski definition) is 5. The van der Waals surface area contributed by atoms with Crippen LogP contribution < -0.4 is 10.5 Å². The SMILES string of the molecule is COC(=O)c1ccc(N)c(OCC2CCCCO2)c1. The largest absolute Gasteiger partial charge is 0.489 e. The molecule has 1 atom stereocenters. The molecular weight excluding hydrogens is 246 g/mol. The van der Waals surface area contributed by atoms with Gasteiger partial charge >= 0.3 is 5.97 Å². The molecule has 5 nitrogen and oxygen atoms in total. The molecule has 0 spiro atoms. The van der Waals surface area contributed by atoms with E-state index in [4.69, 9.17) is 15.2 Å². The van der Waals surface area contributed by atoms with Crippen LogP contribution in [-0.4, -0.2) is 32.4 Å². The van der Waals surface area contributed by atoms with Crippen LogP contribution in [0.5, 0.6) is 5.75 Å². The van der Waals surface area contributed by atoms with Gasteiger partial charge in [0.25, 0.3) is 0 Å². The number of benzene rings is 1. The molecule has 19 heavy (non-hydrogen) atoms. The minimum atomic E-state index is -0.404. The fourth-order valence-corrected chi connectivity index (χ4v) is 2.03. The predicted molar refractivity (Wildman–Crippen MR) is 71.3 cm³/mol. The van der Waals surface area contributed by atoms with Crippen molar-refractivity contribution in [2.75, 3.05) is 26.1 Å². The van der Waals surface area contributed by atoms with E-state index in [0.29, 0.717) is 23.6 Å². The number of hydrogen-bond donors (Lipinski definition) is 1. The summed E-state index contributed by atoms with van der Waals surface area (Å²) in [6.07, 6.45) is 3.37. The molecule has 1 unspecified atom stereocenters. The molecule has 2 rings (SSSR count). The maximum Gasteiger partial charge on any atom is 0.337 e. The van der Waals surface area contributed by atoms with Gasteiger partial charge in [0.1, 0.15) is 12.4 Å². The van der Waals surface area contributed by atoms with Crippen LogP contribution in [0.1, 0.15) is 29.6 Å². The molecule has 1 aliphatic heterocycles. The minimum Gasteiger partial charge on any atom is -0.489 e. The molecule has 1 aliphatic rings. The van der Waals surface area contributed by atoms with Crippen molar-refractivity contribution in [2.45, 2.75) is 25.4 Å². The number of esters is 1. The lowest BCUT2D eigenvalue weighted by molar-refractivity contribution is -0.0109. The molecule has 1 fully saturated rings. The second-order valence-corrected chi connectivity index (χ2v) is 4.54. The van der Waals surface area contributed by atoms with E-state index >= 15 is 0 Å². The summed E-state index contributed by atoms with van der Waals surface area (Å²) in [4.78, 5) is 11.4. The molecule has 1 saturated heterocycles. The Balaban J connectivity index is 2.00. The summed E-state index contributed by atoms with van der Waals surface area (Å²) in [5.41, 5.74) is 6.76. The molecule has 5 heteroatoms. The first-order chi connectivity index (χ1) is 9.20. The fraction of sp³-hybridized carbons (Fsp3) is 0.500. The van der Waals surface area contributed by atoms with Gasteiger partial charge in [-0.15, -0.1) is 0 Å². The average molecular weight is 265 g/mol. The number of carbonyl (C=O) groups excluding carboxylic acids is 1. The quantitative estimate of drug-likeness (QED) is 0.666. The zero-order chi connectivity index (χ0) is 13.7. The summed E-state index contributed by atoms with van der Waals surface area (Å²) in [6.45, 7) is 1.24. The van der Waals surface area contributed by atoms with Crippen molar-refractivity contribution in [2.24, 2.45) is 0 Å². The van der Waals surface area contributed by atoms with Gasteiger partial charge in [0.2, 0.25) is 0 Å². The number of nitrogen functional groups attached to an aromatic ring is 1. The molecule has 2 N–H and O–H groups in total. The van der Waals surface area contributed by atoms with Gasteiger partial charge in [0.15, 0.2) is 0 Å². The van der Waals surface area contributed by atoms with E-state index in [-0.39, 0.29) is 6.10 Å². The number of nitrogens with two attached hydrogens (primary N) is 1. The maximum absolute atomic E-state index is 11.4. The van der Waals surface area contributed by atoms with E-state index < -0.39 is 5.97 Å². The predicted octanol–water partition coefficient (Wildman–Crippen LogP) is 2.00. The molecule has 0 radical (unpaired) electrons. The summed E-state index contributed by atoms with van der Waals surface area (Å²) in [5.74, 6) is 0.0934. The van der Waals surface area contributed by atoms with Crippen LogP contribution in [0.3, 0.4) is 0 Å². The van der Waals surface area contributed by atoms with Gasteiger partial charge in [0.05, 0.1) is 24.5 Å².